The summed E-state index contributed by atoms with van der Waals surface area (Å²) in [5, 5.41) is 7.08. The standard InChI is InChI=1S/C15H17FN4OS/c1-19-13(17-18-15(19)22)10-6-8-20(9-7-10)14(21)11-2-4-12(16)5-3-11/h2-5,10H,6-9H2,1H3,(H,18,22). The van der Waals surface area contributed by atoms with Gasteiger partial charge in [0.2, 0.25) is 0 Å². The van der Waals surface area contributed by atoms with Crippen molar-refractivity contribution in [2.24, 2.45) is 7.05 Å². The van der Waals surface area contributed by atoms with Crippen LogP contribution in [-0.2, 0) is 7.05 Å². The van der Waals surface area contributed by atoms with Crippen molar-refractivity contribution in [3.63, 3.8) is 0 Å². The van der Waals surface area contributed by atoms with Crippen LogP contribution in [0, 0.1) is 10.6 Å². The van der Waals surface area contributed by atoms with Crippen molar-refractivity contribution in [3.05, 3.63) is 46.2 Å². The molecule has 0 aliphatic carbocycles. The fourth-order valence-electron chi connectivity index (χ4n) is 2.84. The number of benzene rings is 1. The molecule has 1 N–H and O–H groups in total. The van der Waals surface area contributed by atoms with Crippen molar-refractivity contribution in [1.82, 2.24) is 19.7 Å². The second kappa shape index (κ2) is 6.00. The van der Waals surface area contributed by atoms with E-state index >= 15 is 0 Å². The molecule has 1 saturated heterocycles. The van der Waals surface area contributed by atoms with Crippen LogP contribution in [0.1, 0.15) is 34.9 Å². The lowest BCUT2D eigenvalue weighted by molar-refractivity contribution is 0.0710. The first-order valence-corrected chi connectivity index (χ1v) is 7.63. The van der Waals surface area contributed by atoms with Gasteiger partial charge >= 0.3 is 0 Å². The number of halogens is 1. The number of amides is 1. The van der Waals surface area contributed by atoms with Gasteiger partial charge < -0.3 is 9.47 Å². The number of nitrogens with zero attached hydrogens (tertiary/aromatic N) is 3. The van der Waals surface area contributed by atoms with E-state index in [4.69, 9.17) is 12.2 Å². The maximum Gasteiger partial charge on any atom is 0.253 e. The Morgan fingerprint density at radius 1 is 1.32 bits per heavy atom. The summed E-state index contributed by atoms with van der Waals surface area (Å²) >= 11 is 5.13. The van der Waals surface area contributed by atoms with Crippen LogP contribution in [0.15, 0.2) is 24.3 Å². The molecule has 1 aliphatic rings. The van der Waals surface area contributed by atoms with Crippen LogP contribution in [0.2, 0.25) is 0 Å². The molecular formula is C15H17FN4OS. The lowest BCUT2D eigenvalue weighted by Crippen LogP contribution is -2.38. The van der Waals surface area contributed by atoms with E-state index in [2.05, 4.69) is 10.2 Å². The van der Waals surface area contributed by atoms with Crippen LogP contribution >= 0.6 is 12.2 Å². The molecule has 0 atom stereocenters. The maximum absolute atomic E-state index is 12.9. The Morgan fingerprint density at radius 2 is 1.95 bits per heavy atom. The minimum absolute atomic E-state index is 0.0474. The average molecular weight is 320 g/mol. The zero-order chi connectivity index (χ0) is 15.7. The van der Waals surface area contributed by atoms with E-state index in [1.54, 1.807) is 0 Å². The normalized spacial score (nSPS) is 16.0. The first-order chi connectivity index (χ1) is 10.6. The van der Waals surface area contributed by atoms with Crippen molar-refractivity contribution in [1.29, 1.82) is 0 Å². The topological polar surface area (TPSA) is 53.9 Å². The van der Waals surface area contributed by atoms with Crippen LogP contribution in [0.3, 0.4) is 0 Å². The van der Waals surface area contributed by atoms with Crippen molar-refractivity contribution in [2.75, 3.05) is 13.1 Å². The van der Waals surface area contributed by atoms with Gasteiger partial charge in [0.25, 0.3) is 5.91 Å². The Bertz CT molecular complexity index is 729. The number of rotatable bonds is 2. The van der Waals surface area contributed by atoms with Gasteiger partial charge in [0.1, 0.15) is 11.6 Å². The molecule has 0 saturated carbocycles. The molecule has 0 radical (unpaired) electrons. The number of piperidine rings is 1. The Balaban J connectivity index is 1.66. The molecule has 0 bridgehead atoms. The summed E-state index contributed by atoms with van der Waals surface area (Å²) in [4.78, 5) is 14.2. The molecule has 3 rings (SSSR count). The first-order valence-electron chi connectivity index (χ1n) is 7.22. The fourth-order valence-corrected chi connectivity index (χ4v) is 2.98. The van der Waals surface area contributed by atoms with E-state index in [1.807, 2.05) is 16.5 Å². The highest BCUT2D eigenvalue weighted by atomic mass is 32.1. The molecule has 1 aromatic carbocycles. The molecule has 116 valence electrons. The van der Waals surface area contributed by atoms with Crippen LogP contribution < -0.4 is 0 Å². The Labute approximate surface area is 132 Å². The van der Waals surface area contributed by atoms with Gasteiger partial charge in [-0.2, -0.15) is 5.10 Å². The van der Waals surface area contributed by atoms with Crippen LogP contribution in [0.5, 0.6) is 0 Å². The second-order valence-electron chi connectivity index (χ2n) is 5.52. The van der Waals surface area contributed by atoms with Crippen molar-refractivity contribution in [3.8, 4) is 0 Å². The number of H-pyrrole nitrogens is 1. The summed E-state index contributed by atoms with van der Waals surface area (Å²) in [5.74, 6) is 0.865. The Kier molecular flexibility index (Phi) is 4.06. The average Bonchev–Trinajstić information content (AvgIpc) is 2.87. The van der Waals surface area contributed by atoms with Gasteiger partial charge in [-0.15, -0.1) is 0 Å². The molecule has 1 amide bonds. The quantitative estimate of drug-likeness (QED) is 0.866. The predicted molar refractivity (Wildman–Crippen MR) is 82.7 cm³/mol. The van der Waals surface area contributed by atoms with E-state index in [1.165, 1.54) is 24.3 Å². The van der Waals surface area contributed by atoms with E-state index < -0.39 is 0 Å². The van der Waals surface area contributed by atoms with Gasteiger partial charge in [-0.1, -0.05) is 0 Å². The van der Waals surface area contributed by atoms with E-state index in [0.717, 1.165) is 18.7 Å². The predicted octanol–water partition coefficient (Wildman–Crippen LogP) is 2.64. The highest BCUT2D eigenvalue weighted by Gasteiger charge is 2.27. The molecule has 22 heavy (non-hydrogen) atoms. The fraction of sp³-hybridized carbons (Fsp3) is 0.400. The molecule has 2 aromatic rings. The molecule has 2 heterocycles. The highest BCUT2D eigenvalue weighted by molar-refractivity contribution is 7.71. The molecule has 1 aliphatic heterocycles. The third-order valence-corrected chi connectivity index (χ3v) is 4.52. The second-order valence-corrected chi connectivity index (χ2v) is 5.91. The third kappa shape index (κ3) is 2.81. The molecule has 0 spiro atoms. The largest absolute Gasteiger partial charge is 0.339 e. The summed E-state index contributed by atoms with van der Waals surface area (Å²) in [6.07, 6.45) is 1.70. The SMILES string of the molecule is Cn1c(C2CCN(C(=O)c3ccc(F)cc3)CC2)n[nH]c1=S. The van der Waals surface area contributed by atoms with Crippen LogP contribution in [-0.4, -0.2) is 38.7 Å². The summed E-state index contributed by atoms with van der Waals surface area (Å²) in [6.45, 7) is 1.33. The van der Waals surface area contributed by atoms with Crippen LogP contribution in [0.25, 0.3) is 0 Å². The van der Waals surface area contributed by atoms with Gasteiger partial charge in [0, 0.05) is 31.6 Å². The third-order valence-electron chi connectivity index (χ3n) is 4.15. The number of carbonyl (C=O) groups is 1. The number of nitrogens with one attached hydrogen (secondary N) is 1. The summed E-state index contributed by atoms with van der Waals surface area (Å²) in [7, 11) is 1.90. The zero-order valence-corrected chi connectivity index (χ0v) is 13.1. The lowest BCUT2D eigenvalue weighted by atomic mass is 9.95. The summed E-state index contributed by atoms with van der Waals surface area (Å²) in [6, 6.07) is 5.69. The Morgan fingerprint density at radius 3 is 2.50 bits per heavy atom. The number of aromatic nitrogens is 3. The number of hydrogen-bond donors (Lipinski definition) is 1. The number of hydrogen-bond acceptors (Lipinski definition) is 3. The minimum Gasteiger partial charge on any atom is -0.339 e. The van der Waals surface area contributed by atoms with Crippen molar-refractivity contribution < 1.29 is 9.18 Å². The van der Waals surface area contributed by atoms with Crippen LogP contribution in [0.4, 0.5) is 4.39 Å². The van der Waals surface area contributed by atoms with Gasteiger partial charge in [-0.05, 0) is 49.3 Å². The monoisotopic (exact) mass is 320 g/mol. The molecule has 7 heteroatoms. The maximum atomic E-state index is 12.9. The summed E-state index contributed by atoms with van der Waals surface area (Å²) < 4.78 is 15.4. The lowest BCUT2D eigenvalue weighted by Gasteiger charge is -2.31. The number of carbonyl (C=O) groups excluding carboxylic acids is 1. The molecule has 5 nitrogen and oxygen atoms in total. The van der Waals surface area contributed by atoms with E-state index in [0.29, 0.717) is 29.3 Å². The highest BCUT2D eigenvalue weighted by Crippen LogP contribution is 2.27. The number of aromatic amines is 1. The zero-order valence-electron chi connectivity index (χ0n) is 12.3. The van der Waals surface area contributed by atoms with Crippen molar-refractivity contribution in [2.45, 2.75) is 18.8 Å². The molecule has 1 fully saturated rings. The first kappa shape index (κ1) is 14.9. The smallest absolute Gasteiger partial charge is 0.253 e. The minimum atomic E-state index is -0.332. The van der Waals surface area contributed by atoms with E-state index in [9.17, 15) is 9.18 Å². The van der Waals surface area contributed by atoms with Crippen molar-refractivity contribution >= 4 is 18.1 Å². The molecular weight excluding hydrogens is 303 g/mol. The van der Waals surface area contributed by atoms with Gasteiger partial charge in [-0.3, -0.25) is 9.89 Å². The molecule has 0 unspecified atom stereocenters. The van der Waals surface area contributed by atoms with E-state index in [-0.39, 0.29) is 11.7 Å². The number of likely N-dealkylation sites (tertiary alicyclic amines) is 1. The summed E-state index contributed by atoms with van der Waals surface area (Å²) in [5.41, 5.74) is 0.526. The van der Waals surface area contributed by atoms with Gasteiger partial charge in [0.15, 0.2) is 4.77 Å². The molecule has 1 aromatic heterocycles. The Hall–Kier alpha value is -2.02. The van der Waals surface area contributed by atoms with Gasteiger partial charge in [-0.25, -0.2) is 4.39 Å². The van der Waals surface area contributed by atoms with Gasteiger partial charge in [0.05, 0.1) is 0 Å².